The first kappa shape index (κ1) is 22.2. The van der Waals surface area contributed by atoms with Gasteiger partial charge in [-0.15, -0.1) is 0 Å². The summed E-state index contributed by atoms with van der Waals surface area (Å²) in [6, 6.07) is 16.1. The predicted molar refractivity (Wildman–Crippen MR) is 119 cm³/mol. The van der Waals surface area contributed by atoms with Gasteiger partial charge in [-0.3, -0.25) is 9.80 Å². The van der Waals surface area contributed by atoms with E-state index in [1.807, 2.05) is 0 Å². The lowest BCUT2D eigenvalue weighted by atomic mass is 10.1. The van der Waals surface area contributed by atoms with Gasteiger partial charge in [-0.25, -0.2) is 14.5 Å². The van der Waals surface area contributed by atoms with E-state index in [0.717, 1.165) is 21.9 Å². The monoisotopic (exact) mass is 455 g/mol. The molecule has 3 aromatic rings. The summed E-state index contributed by atoms with van der Waals surface area (Å²) in [6.45, 7) is 1.83. The van der Waals surface area contributed by atoms with Crippen LogP contribution in [0.2, 0.25) is 0 Å². The van der Waals surface area contributed by atoms with E-state index < -0.39 is 23.8 Å². The molecular formula is C24H20F3N3O3. The second kappa shape index (κ2) is 8.50. The number of carbonyl (C=O) groups excluding carboxylic acids is 2. The summed E-state index contributed by atoms with van der Waals surface area (Å²) in [5.41, 5.74) is -0.172. The van der Waals surface area contributed by atoms with E-state index in [9.17, 15) is 22.8 Å². The zero-order valence-electron chi connectivity index (χ0n) is 17.8. The highest BCUT2D eigenvalue weighted by atomic mass is 19.4. The van der Waals surface area contributed by atoms with E-state index >= 15 is 0 Å². The van der Waals surface area contributed by atoms with Crippen LogP contribution in [0.1, 0.15) is 12.5 Å². The number of anilines is 4. The molecule has 1 aliphatic heterocycles. The van der Waals surface area contributed by atoms with Crippen LogP contribution in [-0.4, -0.2) is 25.7 Å². The van der Waals surface area contributed by atoms with Crippen molar-refractivity contribution in [3.63, 3.8) is 0 Å². The summed E-state index contributed by atoms with van der Waals surface area (Å²) >= 11 is 0. The van der Waals surface area contributed by atoms with Crippen LogP contribution < -0.4 is 19.4 Å². The highest BCUT2D eigenvalue weighted by Crippen LogP contribution is 2.43. The van der Waals surface area contributed by atoms with Gasteiger partial charge in [-0.2, -0.15) is 13.2 Å². The predicted octanol–water partition coefficient (Wildman–Crippen LogP) is 6.44. The number of rotatable bonds is 4. The minimum atomic E-state index is -4.62. The second-order valence-electron chi connectivity index (χ2n) is 7.22. The van der Waals surface area contributed by atoms with E-state index in [4.69, 9.17) is 4.74 Å². The maximum atomic E-state index is 13.8. The molecule has 0 aromatic heterocycles. The van der Waals surface area contributed by atoms with Crippen molar-refractivity contribution in [3.8, 4) is 5.75 Å². The summed E-state index contributed by atoms with van der Waals surface area (Å²) in [6.07, 6.45) is -4.62. The van der Waals surface area contributed by atoms with Crippen LogP contribution in [0.25, 0.3) is 0 Å². The molecule has 0 unspecified atom stereocenters. The number of benzene rings is 3. The van der Waals surface area contributed by atoms with Gasteiger partial charge in [0, 0.05) is 6.54 Å². The molecule has 4 amide bonds. The number of hydrogen-bond donors (Lipinski definition) is 0. The maximum Gasteiger partial charge on any atom is 0.416 e. The normalized spacial score (nSPS) is 14.3. The van der Waals surface area contributed by atoms with Crippen molar-refractivity contribution in [1.29, 1.82) is 0 Å². The Kier molecular flexibility index (Phi) is 5.71. The molecule has 0 spiro atoms. The number of para-hydroxylation sites is 1. The number of ether oxygens (including phenoxy) is 1. The number of amides is 4. The van der Waals surface area contributed by atoms with E-state index in [1.165, 1.54) is 18.1 Å². The SMILES string of the molecule is CCN1C(=O)N(c2ccc(OC)cc2)C(=O)N(c2ccccc2)c2cc(C(F)(F)F)ccc21. The molecular weight excluding hydrogens is 435 g/mol. The zero-order valence-corrected chi connectivity index (χ0v) is 17.8. The Morgan fingerprint density at radius 1 is 0.788 bits per heavy atom. The molecule has 0 N–H and O–H groups in total. The Hall–Kier alpha value is -4.01. The van der Waals surface area contributed by atoms with E-state index in [1.54, 1.807) is 61.5 Å². The third-order valence-corrected chi connectivity index (χ3v) is 5.30. The van der Waals surface area contributed by atoms with Gasteiger partial charge in [-0.05, 0) is 61.5 Å². The molecule has 0 radical (unpaired) electrons. The van der Waals surface area contributed by atoms with Crippen LogP contribution >= 0.6 is 0 Å². The van der Waals surface area contributed by atoms with Gasteiger partial charge in [0.2, 0.25) is 0 Å². The molecule has 0 saturated heterocycles. The Morgan fingerprint density at radius 3 is 2.00 bits per heavy atom. The molecule has 0 saturated carbocycles. The highest BCUT2D eigenvalue weighted by Gasteiger charge is 2.41. The van der Waals surface area contributed by atoms with Gasteiger partial charge in [0.25, 0.3) is 0 Å². The molecule has 4 rings (SSSR count). The summed E-state index contributed by atoms with van der Waals surface area (Å²) < 4.78 is 45.8. The van der Waals surface area contributed by atoms with Crippen molar-refractivity contribution >= 4 is 34.8 Å². The molecule has 6 nitrogen and oxygen atoms in total. The van der Waals surface area contributed by atoms with Gasteiger partial charge in [0.15, 0.2) is 0 Å². The average Bonchev–Trinajstić information content (AvgIpc) is 2.90. The lowest BCUT2D eigenvalue weighted by molar-refractivity contribution is -0.137. The number of urea groups is 2. The summed E-state index contributed by atoms with van der Waals surface area (Å²) in [4.78, 5) is 30.7. The number of halogens is 3. The minimum Gasteiger partial charge on any atom is -0.497 e. The summed E-state index contributed by atoms with van der Waals surface area (Å²) in [5.74, 6) is 0.527. The number of imide groups is 1. The second-order valence-corrected chi connectivity index (χ2v) is 7.22. The van der Waals surface area contributed by atoms with Gasteiger partial charge in [0.05, 0.1) is 35.4 Å². The van der Waals surface area contributed by atoms with Crippen molar-refractivity contribution in [2.24, 2.45) is 0 Å². The van der Waals surface area contributed by atoms with Crippen molar-refractivity contribution in [2.75, 3.05) is 28.4 Å². The summed E-state index contributed by atoms with van der Waals surface area (Å²) in [5, 5.41) is 0. The lowest BCUT2D eigenvalue weighted by Crippen LogP contribution is -2.48. The van der Waals surface area contributed by atoms with E-state index in [0.29, 0.717) is 11.4 Å². The molecule has 33 heavy (non-hydrogen) atoms. The molecule has 1 aliphatic rings. The Bertz CT molecular complexity index is 1180. The van der Waals surface area contributed by atoms with Crippen LogP contribution in [0.3, 0.4) is 0 Å². The molecule has 9 heteroatoms. The Balaban J connectivity index is 1.97. The molecule has 0 bridgehead atoms. The standard InChI is InChI=1S/C24H20F3N3O3/c1-3-28-20-14-9-16(24(25,26)27)15-21(20)29(17-7-5-4-6-8-17)23(32)30(22(28)31)18-10-12-19(33-2)13-11-18/h4-15H,3H2,1-2H3. The molecule has 170 valence electrons. The third-order valence-electron chi connectivity index (χ3n) is 5.30. The summed E-state index contributed by atoms with van der Waals surface area (Å²) in [7, 11) is 1.49. The van der Waals surface area contributed by atoms with E-state index in [2.05, 4.69) is 0 Å². The smallest absolute Gasteiger partial charge is 0.416 e. The van der Waals surface area contributed by atoms with Crippen molar-refractivity contribution in [1.82, 2.24) is 0 Å². The van der Waals surface area contributed by atoms with Crippen LogP contribution in [0.5, 0.6) is 5.75 Å². The fraction of sp³-hybridized carbons (Fsp3) is 0.167. The number of carbonyl (C=O) groups is 2. The van der Waals surface area contributed by atoms with Crippen LogP contribution in [0, 0.1) is 0 Å². The number of methoxy groups -OCH3 is 1. The molecule has 0 atom stereocenters. The average molecular weight is 455 g/mol. The first-order valence-electron chi connectivity index (χ1n) is 10.1. The lowest BCUT2D eigenvalue weighted by Gasteiger charge is -2.27. The van der Waals surface area contributed by atoms with Crippen molar-refractivity contribution in [3.05, 3.63) is 78.4 Å². The van der Waals surface area contributed by atoms with Crippen molar-refractivity contribution in [2.45, 2.75) is 13.1 Å². The quantitative estimate of drug-likeness (QED) is 0.455. The third kappa shape index (κ3) is 3.97. The van der Waals surface area contributed by atoms with Crippen LogP contribution in [-0.2, 0) is 6.18 Å². The number of fused-ring (bicyclic) bond motifs is 1. The molecule has 1 heterocycles. The zero-order chi connectivity index (χ0) is 23.8. The number of hydrogen-bond acceptors (Lipinski definition) is 3. The van der Waals surface area contributed by atoms with Crippen molar-refractivity contribution < 1.29 is 27.5 Å². The fourth-order valence-corrected chi connectivity index (χ4v) is 3.70. The minimum absolute atomic E-state index is 0.0350. The van der Waals surface area contributed by atoms with Gasteiger partial charge < -0.3 is 4.74 Å². The van der Waals surface area contributed by atoms with Gasteiger partial charge in [-0.1, -0.05) is 18.2 Å². The van der Waals surface area contributed by atoms with Crippen LogP contribution in [0.4, 0.5) is 45.5 Å². The molecule has 3 aromatic carbocycles. The first-order valence-corrected chi connectivity index (χ1v) is 10.1. The van der Waals surface area contributed by atoms with Gasteiger partial charge in [0.1, 0.15) is 5.75 Å². The molecule has 0 aliphatic carbocycles. The van der Waals surface area contributed by atoms with Gasteiger partial charge >= 0.3 is 18.2 Å². The first-order chi connectivity index (χ1) is 15.8. The van der Waals surface area contributed by atoms with Crippen LogP contribution in [0.15, 0.2) is 72.8 Å². The number of nitrogens with zero attached hydrogens (tertiary/aromatic N) is 3. The highest BCUT2D eigenvalue weighted by molar-refractivity contribution is 6.28. The largest absolute Gasteiger partial charge is 0.497 e. The number of alkyl halides is 3. The Labute approximate surface area is 188 Å². The Morgan fingerprint density at radius 2 is 1.42 bits per heavy atom. The molecule has 0 fully saturated rings. The fourth-order valence-electron chi connectivity index (χ4n) is 3.70. The topological polar surface area (TPSA) is 53.1 Å². The maximum absolute atomic E-state index is 13.8. The van der Waals surface area contributed by atoms with E-state index in [-0.39, 0.29) is 23.6 Å².